The second-order valence-electron chi connectivity index (χ2n) is 3.06. The van der Waals surface area contributed by atoms with Gasteiger partial charge in [0.15, 0.2) is 0 Å². The maximum absolute atomic E-state index is 10.8. The summed E-state index contributed by atoms with van der Waals surface area (Å²) in [6.07, 6.45) is -2.32. The van der Waals surface area contributed by atoms with E-state index in [-0.39, 0.29) is 17.9 Å². The molecule has 6 heteroatoms. The molecule has 1 heterocycles. The summed E-state index contributed by atoms with van der Waals surface area (Å²) in [6, 6.07) is 4.43. The molecule has 2 atom stereocenters. The Morgan fingerprint density at radius 2 is 2.13 bits per heavy atom. The second-order valence-corrected chi connectivity index (χ2v) is 3.06. The molecule has 2 unspecified atom stereocenters. The van der Waals surface area contributed by atoms with E-state index in [2.05, 4.69) is 4.98 Å². The summed E-state index contributed by atoms with van der Waals surface area (Å²) in [7, 11) is 0. The number of nitrogens with two attached hydrogens (primary N) is 2. The molecule has 0 fully saturated rings. The topological polar surface area (TPSA) is 122 Å². The van der Waals surface area contributed by atoms with Crippen molar-refractivity contribution in [2.75, 3.05) is 6.54 Å². The van der Waals surface area contributed by atoms with Crippen LogP contribution >= 0.6 is 0 Å². The maximum atomic E-state index is 10.8. The molecule has 0 aliphatic carbocycles. The zero-order valence-corrected chi connectivity index (χ0v) is 8.00. The molecule has 1 rings (SSSR count). The third kappa shape index (κ3) is 2.72. The number of amides is 1. The molecular weight excluding hydrogens is 198 g/mol. The van der Waals surface area contributed by atoms with E-state index in [1.165, 1.54) is 18.2 Å². The average Bonchev–Trinajstić information content (AvgIpc) is 2.27. The summed E-state index contributed by atoms with van der Waals surface area (Å²) in [4.78, 5) is 14.6. The smallest absolute Gasteiger partial charge is 0.267 e. The fraction of sp³-hybridized carbons (Fsp3) is 0.333. The van der Waals surface area contributed by atoms with E-state index in [9.17, 15) is 15.0 Å². The summed E-state index contributed by atoms with van der Waals surface area (Å²) in [6.45, 7) is -0.0936. The van der Waals surface area contributed by atoms with Gasteiger partial charge in [-0.2, -0.15) is 0 Å². The van der Waals surface area contributed by atoms with Gasteiger partial charge >= 0.3 is 0 Å². The highest BCUT2D eigenvalue weighted by atomic mass is 16.3. The lowest BCUT2D eigenvalue weighted by molar-refractivity contribution is 0.0216. The van der Waals surface area contributed by atoms with Crippen LogP contribution in [0.2, 0.25) is 0 Å². The van der Waals surface area contributed by atoms with Gasteiger partial charge < -0.3 is 21.7 Å². The number of nitrogens with zero attached hydrogens (tertiary/aromatic N) is 1. The molecule has 0 bridgehead atoms. The normalized spacial score (nSPS) is 14.6. The standard InChI is InChI=1S/C9H13N3O3/c10-4-7(13)8(14)5-2-1-3-6(12-5)9(11)15/h1-3,7-8,13-14H,4,10H2,(H2,11,15). The molecular formula is C9H13N3O3. The molecule has 1 aromatic heterocycles. The van der Waals surface area contributed by atoms with Crippen LogP contribution in [0.1, 0.15) is 22.3 Å². The number of carbonyl (C=O) groups excluding carboxylic acids is 1. The molecule has 0 saturated heterocycles. The Bertz CT molecular complexity index is 356. The van der Waals surface area contributed by atoms with Crippen molar-refractivity contribution in [2.45, 2.75) is 12.2 Å². The van der Waals surface area contributed by atoms with Crippen molar-refractivity contribution < 1.29 is 15.0 Å². The molecule has 82 valence electrons. The van der Waals surface area contributed by atoms with E-state index >= 15 is 0 Å². The Morgan fingerprint density at radius 1 is 1.47 bits per heavy atom. The average molecular weight is 211 g/mol. The van der Waals surface area contributed by atoms with Gasteiger partial charge in [0.25, 0.3) is 5.91 Å². The quantitative estimate of drug-likeness (QED) is 0.484. The summed E-state index contributed by atoms with van der Waals surface area (Å²) < 4.78 is 0. The van der Waals surface area contributed by atoms with Gasteiger partial charge in [0.1, 0.15) is 11.8 Å². The predicted molar refractivity (Wildman–Crippen MR) is 52.8 cm³/mol. The van der Waals surface area contributed by atoms with Gasteiger partial charge in [-0.1, -0.05) is 6.07 Å². The van der Waals surface area contributed by atoms with Crippen molar-refractivity contribution in [1.82, 2.24) is 4.98 Å². The van der Waals surface area contributed by atoms with Gasteiger partial charge in [0.2, 0.25) is 0 Å². The fourth-order valence-corrected chi connectivity index (χ4v) is 1.08. The largest absolute Gasteiger partial charge is 0.389 e. The summed E-state index contributed by atoms with van der Waals surface area (Å²) >= 11 is 0. The van der Waals surface area contributed by atoms with E-state index < -0.39 is 18.1 Å². The molecule has 1 aromatic rings. The first-order valence-corrected chi connectivity index (χ1v) is 4.39. The molecule has 0 aromatic carbocycles. The van der Waals surface area contributed by atoms with E-state index in [1.807, 2.05) is 0 Å². The van der Waals surface area contributed by atoms with Crippen LogP contribution in [0, 0.1) is 0 Å². The summed E-state index contributed by atoms with van der Waals surface area (Å²) in [5.41, 5.74) is 10.4. The zero-order valence-electron chi connectivity index (χ0n) is 8.00. The first-order chi connectivity index (χ1) is 7.06. The predicted octanol–water partition coefficient (Wildman–Crippen LogP) is -1.47. The Balaban J connectivity index is 2.94. The van der Waals surface area contributed by atoms with Gasteiger partial charge in [-0.25, -0.2) is 4.98 Å². The van der Waals surface area contributed by atoms with Crippen LogP contribution in [0.5, 0.6) is 0 Å². The number of aliphatic hydroxyl groups excluding tert-OH is 2. The number of aromatic nitrogens is 1. The molecule has 1 amide bonds. The van der Waals surface area contributed by atoms with Crippen LogP contribution in [0.3, 0.4) is 0 Å². The molecule has 0 radical (unpaired) electrons. The van der Waals surface area contributed by atoms with Crippen LogP contribution in [0.4, 0.5) is 0 Å². The minimum Gasteiger partial charge on any atom is -0.389 e. The monoisotopic (exact) mass is 211 g/mol. The number of rotatable bonds is 4. The van der Waals surface area contributed by atoms with Gasteiger partial charge in [-0.3, -0.25) is 4.79 Å². The lowest BCUT2D eigenvalue weighted by Crippen LogP contribution is -2.28. The fourth-order valence-electron chi connectivity index (χ4n) is 1.08. The number of hydrogen-bond donors (Lipinski definition) is 4. The van der Waals surface area contributed by atoms with Gasteiger partial charge in [-0.05, 0) is 12.1 Å². The number of hydrogen-bond acceptors (Lipinski definition) is 5. The molecule has 0 spiro atoms. The second kappa shape index (κ2) is 4.83. The van der Waals surface area contributed by atoms with Gasteiger partial charge in [0.05, 0.1) is 11.8 Å². The first-order valence-electron chi connectivity index (χ1n) is 4.39. The summed E-state index contributed by atoms with van der Waals surface area (Å²) in [5.74, 6) is -0.689. The SMILES string of the molecule is NCC(O)C(O)c1cccc(C(N)=O)n1. The molecule has 15 heavy (non-hydrogen) atoms. The Labute approximate surface area is 86.5 Å². The third-order valence-electron chi connectivity index (χ3n) is 1.93. The number of carbonyl (C=O) groups is 1. The molecule has 6 N–H and O–H groups in total. The molecule has 0 aliphatic heterocycles. The lowest BCUT2D eigenvalue weighted by atomic mass is 10.1. The van der Waals surface area contributed by atoms with E-state index in [1.54, 1.807) is 0 Å². The van der Waals surface area contributed by atoms with Crippen molar-refractivity contribution in [2.24, 2.45) is 11.5 Å². The van der Waals surface area contributed by atoms with E-state index in [0.717, 1.165) is 0 Å². The Morgan fingerprint density at radius 3 is 2.67 bits per heavy atom. The summed E-state index contributed by atoms with van der Waals surface area (Å²) in [5, 5.41) is 18.8. The highest BCUT2D eigenvalue weighted by Gasteiger charge is 2.18. The highest BCUT2D eigenvalue weighted by molar-refractivity contribution is 5.90. The van der Waals surface area contributed by atoms with Crippen LogP contribution < -0.4 is 11.5 Å². The Hall–Kier alpha value is -1.50. The van der Waals surface area contributed by atoms with Crippen molar-refractivity contribution >= 4 is 5.91 Å². The van der Waals surface area contributed by atoms with Gasteiger partial charge in [-0.15, -0.1) is 0 Å². The van der Waals surface area contributed by atoms with Crippen LogP contribution in [-0.2, 0) is 0 Å². The van der Waals surface area contributed by atoms with E-state index in [4.69, 9.17) is 11.5 Å². The van der Waals surface area contributed by atoms with Crippen molar-refractivity contribution in [3.05, 3.63) is 29.6 Å². The number of primary amides is 1. The lowest BCUT2D eigenvalue weighted by Gasteiger charge is -2.15. The molecule has 6 nitrogen and oxygen atoms in total. The van der Waals surface area contributed by atoms with Crippen molar-refractivity contribution in [1.29, 1.82) is 0 Å². The van der Waals surface area contributed by atoms with Crippen LogP contribution in [-0.4, -0.2) is 33.8 Å². The third-order valence-corrected chi connectivity index (χ3v) is 1.93. The van der Waals surface area contributed by atoms with Gasteiger partial charge in [0, 0.05) is 6.54 Å². The van der Waals surface area contributed by atoms with Crippen molar-refractivity contribution in [3.63, 3.8) is 0 Å². The first kappa shape index (κ1) is 11.6. The minimum absolute atomic E-state index is 0.0378. The molecule has 0 saturated carbocycles. The van der Waals surface area contributed by atoms with Crippen LogP contribution in [0.25, 0.3) is 0 Å². The number of pyridine rings is 1. The zero-order chi connectivity index (χ0) is 11.4. The number of aliphatic hydroxyl groups is 2. The highest BCUT2D eigenvalue weighted by Crippen LogP contribution is 2.14. The maximum Gasteiger partial charge on any atom is 0.267 e. The molecule has 0 aliphatic rings. The van der Waals surface area contributed by atoms with Crippen LogP contribution in [0.15, 0.2) is 18.2 Å². The van der Waals surface area contributed by atoms with Crippen molar-refractivity contribution in [3.8, 4) is 0 Å². The minimum atomic E-state index is -1.21. The van der Waals surface area contributed by atoms with E-state index in [0.29, 0.717) is 0 Å². The Kier molecular flexibility index (Phi) is 3.73.